The zero-order valence-electron chi connectivity index (χ0n) is 12.9. The Bertz CT molecular complexity index is 445. The van der Waals surface area contributed by atoms with E-state index >= 15 is 0 Å². The van der Waals surface area contributed by atoms with Crippen LogP contribution in [-0.2, 0) is 4.79 Å². The van der Waals surface area contributed by atoms with E-state index in [2.05, 4.69) is 19.2 Å². The summed E-state index contributed by atoms with van der Waals surface area (Å²) in [7, 11) is 0. The molecule has 0 fully saturated rings. The van der Waals surface area contributed by atoms with Crippen LogP contribution in [0.15, 0.2) is 24.3 Å². The Labute approximate surface area is 126 Å². The van der Waals surface area contributed by atoms with Gasteiger partial charge in [-0.2, -0.15) is 0 Å². The molecule has 4 heteroatoms. The molecule has 1 rings (SSSR count). The third-order valence-electron chi connectivity index (χ3n) is 3.54. The summed E-state index contributed by atoms with van der Waals surface area (Å²) in [5.74, 6) is 0.822. The molecule has 0 saturated heterocycles. The van der Waals surface area contributed by atoms with Crippen molar-refractivity contribution in [2.24, 2.45) is 5.92 Å². The van der Waals surface area contributed by atoms with Gasteiger partial charge in [-0.3, -0.25) is 9.59 Å². The van der Waals surface area contributed by atoms with Gasteiger partial charge in [0.25, 0.3) is 5.91 Å². The van der Waals surface area contributed by atoms with Gasteiger partial charge in [0.05, 0.1) is 5.56 Å². The summed E-state index contributed by atoms with van der Waals surface area (Å²) in [6.07, 6.45) is 5.30. The minimum atomic E-state index is -0.148. The van der Waals surface area contributed by atoms with Crippen molar-refractivity contribution in [1.29, 1.82) is 0 Å². The first-order valence-electron chi connectivity index (χ1n) is 7.64. The summed E-state index contributed by atoms with van der Waals surface area (Å²) >= 11 is 0. The van der Waals surface area contributed by atoms with Gasteiger partial charge in [0, 0.05) is 6.54 Å². The highest BCUT2D eigenvalue weighted by Gasteiger charge is 2.09. The van der Waals surface area contributed by atoms with E-state index in [-0.39, 0.29) is 12.5 Å². The average Bonchev–Trinajstić information content (AvgIpc) is 2.53. The molecule has 0 radical (unpaired) electrons. The fraction of sp³-hybridized carbons (Fsp3) is 0.529. The highest BCUT2D eigenvalue weighted by atomic mass is 16.5. The van der Waals surface area contributed by atoms with Crippen LogP contribution in [0.25, 0.3) is 0 Å². The molecule has 0 aliphatic heterocycles. The van der Waals surface area contributed by atoms with Crippen molar-refractivity contribution in [3.8, 4) is 5.75 Å². The van der Waals surface area contributed by atoms with E-state index in [1.165, 1.54) is 12.8 Å². The molecule has 1 atom stereocenters. The molecule has 0 bridgehead atoms. The molecule has 116 valence electrons. The number of aldehydes is 1. The maximum absolute atomic E-state index is 11.8. The van der Waals surface area contributed by atoms with E-state index in [1.54, 1.807) is 24.3 Å². The van der Waals surface area contributed by atoms with Crippen molar-refractivity contribution in [3.05, 3.63) is 29.8 Å². The van der Waals surface area contributed by atoms with Gasteiger partial charge < -0.3 is 10.1 Å². The molecule has 0 spiro atoms. The Morgan fingerprint density at radius 1 is 1.33 bits per heavy atom. The van der Waals surface area contributed by atoms with Crippen LogP contribution < -0.4 is 10.1 Å². The smallest absolute Gasteiger partial charge is 0.257 e. The van der Waals surface area contributed by atoms with Crippen molar-refractivity contribution in [3.63, 3.8) is 0 Å². The Kier molecular flexibility index (Phi) is 8.17. The molecule has 1 aromatic rings. The van der Waals surface area contributed by atoms with Crippen molar-refractivity contribution in [2.75, 3.05) is 13.2 Å². The van der Waals surface area contributed by atoms with Crippen LogP contribution in [0.5, 0.6) is 5.75 Å². The van der Waals surface area contributed by atoms with Crippen molar-refractivity contribution >= 4 is 12.2 Å². The predicted octanol–water partition coefficient (Wildman–Crippen LogP) is 3.21. The van der Waals surface area contributed by atoms with Gasteiger partial charge in [-0.25, -0.2) is 0 Å². The van der Waals surface area contributed by atoms with Crippen molar-refractivity contribution in [2.45, 2.75) is 39.5 Å². The van der Waals surface area contributed by atoms with Gasteiger partial charge in [-0.1, -0.05) is 45.2 Å². The molecule has 0 saturated carbocycles. The molecule has 21 heavy (non-hydrogen) atoms. The molecule has 0 aromatic heterocycles. The third-order valence-corrected chi connectivity index (χ3v) is 3.54. The second-order valence-corrected chi connectivity index (χ2v) is 5.16. The maximum atomic E-state index is 11.8. The van der Waals surface area contributed by atoms with Crippen LogP contribution in [0.3, 0.4) is 0 Å². The topological polar surface area (TPSA) is 55.4 Å². The van der Waals surface area contributed by atoms with E-state index < -0.39 is 0 Å². The normalized spacial score (nSPS) is 11.7. The van der Waals surface area contributed by atoms with E-state index in [1.807, 2.05) is 0 Å². The predicted molar refractivity (Wildman–Crippen MR) is 83.6 cm³/mol. The lowest BCUT2D eigenvalue weighted by molar-refractivity contribution is -0.123. The average molecular weight is 291 g/mol. The van der Waals surface area contributed by atoms with E-state index in [9.17, 15) is 9.59 Å². The fourth-order valence-corrected chi connectivity index (χ4v) is 2.11. The number of rotatable bonds is 10. The number of amides is 1. The molecular formula is C17H25NO3. The Morgan fingerprint density at radius 2 is 2.10 bits per heavy atom. The summed E-state index contributed by atoms with van der Waals surface area (Å²) < 4.78 is 5.39. The van der Waals surface area contributed by atoms with Gasteiger partial charge in [0.1, 0.15) is 5.75 Å². The Balaban J connectivity index is 2.35. The lowest BCUT2D eigenvalue weighted by atomic mass is 9.99. The molecular weight excluding hydrogens is 266 g/mol. The molecule has 1 aromatic carbocycles. The van der Waals surface area contributed by atoms with Crippen LogP contribution >= 0.6 is 0 Å². The fourth-order valence-electron chi connectivity index (χ4n) is 2.11. The summed E-state index contributed by atoms with van der Waals surface area (Å²) in [6.45, 7) is 4.94. The zero-order valence-corrected chi connectivity index (χ0v) is 12.9. The van der Waals surface area contributed by atoms with Gasteiger partial charge >= 0.3 is 0 Å². The number of carbonyl (C=O) groups excluding carboxylic acids is 2. The number of carbonyl (C=O) groups is 2. The molecule has 1 unspecified atom stereocenters. The van der Waals surface area contributed by atoms with Crippen molar-refractivity contribution in [1.82, 2.24) is 5.32 Å². The minimum Gasteiger partial charge on any atom is -0.483 e. The van der Waals surface area contributed by atoms with Gasteiger partial charge in [-0.05, 0) is 24.5 Å². The molecule has 0 aliphatic rings. The number of nitrogens with one attached hydrogen (secondary N) is 1. The monoisotopic (exact) mass is 291 g/mol. The summed E-state index contributed by atoms with van der Waals surface area (Å²) in [5, 5.41) is 2.90. The second kappa shape index (κ2) is 9.97. The number of hydrogen-bond acceptors (Lipinski definition) is 3. The van der Waals surface area contributed by atoms with Crippen LogP contribution in [0.4, 0.5) is 0 Å². The first kappa shape index (κ1) is 17.2. The molecule has 0 aliphatic carbocycles. The van der Waals surface area contributed by atoms with E-state index in [0.717, 1.165) is 19.1 Å². The highest BCUT2D eigenvalue weighted by molar-refractivity contribution is 5.80. The molecule has 0 heterocycles. The van der Waals surface area contributed by atoms with Crippen LogP contribution in [0.1, 0.15) is 49.9 Å². The first-order valence-corrected chi connectivity index (χ1v) is 7.64. The number of ether oxygens (including phenoxy) is 1. The van der Waals surface area contributed by atoms with Gasteiger partial charge in [0.2, 0.25) is 0 Å². The minimum absolute atomic E-state index is 0.0605. The quantitative estimate of drug-likeness (QED) is 0.673. The third kappa shape index (κ3) is 6.43. The second-order valence-electron chi connectivity index (χ2n) is 5.16. The van der Waals surface area contributed by atoms with E-state index in [0.29, 0.717) is 23.8 Å². The zero-order chi connectivity index (χ0) is 15.5. The van der Waals surface area contributed by atoms with Crippen LogP contribution in [0.2, 0.25) is 0 Å². The van der Waals surface area contributed by atoms with Crippen LogP contribution in [-0.4, -0.2) is 25.3 Å². The molecule has 1 N–H and O–H groups in total. The Hall–Kier alpha value is -1.84. The largest absolute Gasteiger partial charge is 0.483 e. The lowest BCUT2D eigenvalue weighted by Gasteiger charge is -2.15. The summed E-state index contributed by atoms with van der Waals surface area (Å²) in [5.41, 5.74) is 0.458. The summed E-state index contributed by atoms with van der Waals surface area (Å²) in [6, 6.07) is 6.89. The highest BCUT2D eigenvalue weighted by Crippen LogP contribution is 2.15. The number of unbranched alkanes of at least 4 members (excludes halogenated alkanes) is 1. The van der Waals surface area contributed by atoms with Crippen molar-refractivity contribution < 1.29 is 14.3 Å². The van der Waals surface area contributed by atoms with E-state index in [4.69, 9.17) is 4.74 Å². The first-order chi connectivity index (χ1) is 10.2. The summed E-state index contributed by atoms with van der Waals surface area (Å²) in [4.78, 5) is 22.6. The standard InChI is InChI=1S/C17H25NO3/c1-3-5-8-14(4-2)11-18-17(20)13-21-16-10-7-6-9-15(16)12-19/h6-7,9-10,12,14H,3-5,8,11,13H2,1-2H3,(H,18,20). The van der Waals surface area contributed by atoms with Gasteiger partial charge in [-0.15, -0.1) is 0 Å². The number of benzene rings is 1. The lowest BCUT2D eigenvalue weighted by Crippen LogP contribution is -2.33. The molecule has 4 nitrogen and oxygen atoms in total. The Morgan fingerprint density at radius 3 is 2.76 bits per heavy atom. The molecule has 1 amide bonds. The van der Waals surface area contributed by atoms with Crippen LogP contribution in [0, 0.1) is 5.92 Å². The number of hydrogen-bond donors (Lipinski definition) is 1. The van der Waals surface area contributed by atoms with Gasteiger partial charge in [0.15, 0.2) is 12.9 Å². The maximum Gasteiger partial charge on any atom is 0.257 e. The number of para-hydroxylation sites is 1. The SMILES string of the molecule is CCCCC(CC)CNC(=O)COc1ccccc1C=O.